The number of hydrogen-bond donors (Lipinski definition) is 1. The van der Waals surface area contributed by atoms with Gasteiger partial charge in [0.1, 0.15) is 12.4 Å². The van der Waals surface area contributed by atoms with Crippen LogP contribution >= 0.6 is 55.1 Å². The van der Waals surface area contributed by atoms with Crippen LogP contribution in [0.3, 0.4) is 0 Å². The molecular formula is C17H10Br2Cl2N2O2. The van der Waals surface area contributed by atoms with E-state index >= 15 is 0 Å². The van der Waals surface area contributed by atoms with E-state index in [1.165, 1.54) is 0 Å². The maximum Gasteiger partial charge on any atom is 0.233 e. The Hall–Kier alpha value is -1.34. The Kier molecular flexibility index (Phi) is 5.84. The average molecular weight is 505 g/mol. The van der Waals surface area contributed by atoms with Gasteiger partial charge in [0.15, 0.2) is 0 Å². The molecule has 128 valence electrons. The molecule has 0 spiro atoms. The van der Waals surface area contributed by atoms with Crippen molar-refractivity contribution in [2.45, 2.75) is 6.61 Å². The summed E-state index contributed by atoms with van der Waals surface area (Å²) in [5.41, 5.74) is 2.22. The first kappa shape index (κ1) is 18.5. The molecule has 2 aromatic carbocycles. The quantitative estimate of drug-likeness (QED) is 0.455. The molecule has 8 heteroatoms. The van der Waals surface area contributed by atoms with Crippen LogP contribution in [0.2, 0.25) is 10.0 Å². The van der Waals surface area contributed by atoms with Crippen molar-refractivity contribution in [1.29, 1.82) is 0 Å². The highest BCUT2D eigenvalue weighted by Gasteiger charge is 2.10. The molecule has 0 bridgehead atoms. The summed E-state index contributed by atoms with van der Waals surface area (Å²) < 4.78 is 6.74. The van der Waals surface area contributed by atoms with Gasteiger partial charge in [-0.05, 0) is 56.1 Å². The molecule has 4 nitrogen and oxygen atoms in total. The van der Waals surface area contributed by atoms with E-state index in [2.05, 4.69) is 42.1 Å². The number of phenols is 1. The Morgan fingerprint density at radius 1 is 1.00 bits per heavy atom. The van der Waals surface area contributed by atoms with Crippen LogP contribution < -0.4 is 4.74 Å². The Labute approximate surface area is 171 Å². The Bertz CT molecular complexity index is 898. The van der Waals surface area contributed by atoms with E-state index < -0.39 is 0 Å². The van der Waals surface area contributed by atoms with Crippen molar-refractivity contribution in [3.05, 3.63) is 67.0 Å². The van der Waals surface area contributed by atoms with Gasteiger partial charge in [0.05, 0.1) is 24.7 Å². The minimum absolute atomic E-state index is 0.134. The van der Waals surface area contributed by atoms with Gasteiger partial charge >= 0.3 is 0 Å². The standard InChI is InChI=1S/C17H10Br2Cl2N2O2/c18-11-6-10(7-12(19)17(11)24)14-4-5-15(23-22-14)25-8-9-2-1-3-13(20)16(9)21/h1-7,24H,8H2. The predicted molar refractivity (Wildman–Crippen MR) is 105 cm³/mol. The first-order valence-corrected chi connectivity index (χ1v) is 9.37. The monoisotopic (exact) mass is 502 g/mol. The van der Waals surface area contributed by atoms with Gasteiger partial charge in [-0.25, -0.2) is 0 Å². The SMILES string of the molecule is Oc1c(Br)cc(-c2ccc(OCc3cccc(Cl)c3Cl)nn2)cc1Br. The highest BCUT2D eigenvalue weighted by Crippen LogP contribution is 2.36. The molecule has 0 fully saturated rings. The maximum atomic E-state index is 9.77. The molecule has 1 heterocycles. The Morgan fingerprint density at radius 2 is 1.72 bits per heavy atom. The maximum absolute atomic E-state index is 9.77. The third-order valence-electron chi connectivity index (χ3n) is 3.36. The smallest absolute Gasteiger partial charge is 0.233 e. The minimum Gasteiger partial charge on any atom is -0.506 e. The number of phenolic OH excluding ortho intramolecular Hbond substituents is 1. The largest absolute Gasteiger partial charge is 0.506 e. The third kappa shape index (κ3) is 4.26. The Morgan fingerprint density at radius 3 is 2.36 bits per heavy atom. The van der Waals surface area contributed by atoms with Gasteiger partial charge in [-0.15, -0.1) is 10.2 Å². The van der Waals surface area contributed by atoms with Crippen LogP contribution in [0.5, 0.6) is 11.6 Å². The number of ether oxygens (including phenoxy) is 1. The molecule has 0 unspecified atom stereocenters. The Balaban J connectivity index is 1.75. The van der Waals surface area contributed by atoms with Crippen molar-refractivity contribution >= 4 is 55.1 Å². The van der Waals surface area contributed by atoms with Gasteiger partial charge in [0.25, 0.3) is 0 Å². The van der Waals surface area contributed by atoms with Gasteiger partial charge in [-0.3, -0.25) is 0 Å². The number of nitrogens with zero attached hydrogens (tertiary/aromatic N) is 2. The zero-order valence-electron chi connectivity index (χ0n) is 12.5. The fourth-order valence-electron chi connectivity index (χ4n) is 2.08. The predicted octanol–water partition coefficient (Wildman–Crippen LogP) is 6.26. The first-order valence-electron chi connectivity index (χ1n) is 7.03. The van der Waals surface area contributed by atoms with Crippen molar-refractivity contribution in [1.82, 2.24) is 10.2 Å². The van der Waals surface area contributed by atoms with Crippen LogP contribution in [0.1, 0.15) is 5.56 Å². The summed E-state index contributed by atoms with van der Waals surface area (Å²) in [5, 5.41) is 18.9. The van der Waals surface area contributed by atoms with Crippen molar-refractivity contribution in [3.63, 3.8) is 0 Å². The fraction of sp³-hybridized carbons (Fsp3) is 0.0588. The van der Waals surface area contributed by atoms with Crippen LogP contribution in [-0.2, 0) is 6.61 Å². The van der Waals surface area contributed by atoms with E-state index in [4.69, 9.17) is 27.9 Å². The number of halogens is 4. The highest BCUT2D eigenvalue weighted by molar-refractivity contribution is 9.11. The van der Waals surface area contributed by atoms with E-state index in [9.17, 15) is 5.11 Å². The number of aromatic hydroxyl groups is 1. The molecule has 0 saturated carbocycles. The summed E-state index contributed by atoms with van der Waals surface area (Å²) in [4.78, 5) is 0. The van der Waals surface area contributed by atoms with Crippen molar-refractivity contribution < 1.29 is 9.84 Å². The molecule has 3 rings (SSSR count). The van der Waals surface area contributed by atoms with Crippen LogP contribution in [0.15, 0.2) is 51.4 Å². The normalized spacial score (nSPS) is 10.7. The molecule has 0 aliphatic carbocycles. The number of rotatable bonds is 4. The lowest BCUT2D eigenvalue weighted by Crippen LogP contribution is -1.99. The highest BCUT2D eigenvalue weighted by atomic mass is 79.9. The molecule has 0 atom stereocenters. The van der Waals surface area contributed by atoms with Gasteiger partial charge in [-0.1, -0.05) is 35.3 Å². The molecule has 25 heavy (non-hydrogen) atoms. The zero-order valence-corrected chi connectivity index (χ0v) is 17.2. The summed E-state index contributed by atoms with van der Waals surface area (Å²) in [7, 11) is 0. The third-order valence-corrected chi connectivity index (χ3v) is 5.43. The first-order chi connectivity index (χ1) is 12.0. The molecule has 3 aromatic rings. The number of benzene rings is 2. The van der Waals surface area contributed by atoms with Gasteiger partial charge in [-0.2, -0.15) is 0 Å². The zero-order chi connectivity index (χ0) is 18.0. The summed E-state index contributed by atoms with van der Waals surface area (Å²) in [6.07, 6.45) is 0. The molecule has 0 saturated heterocycles. The average Bonchev–Trinajstić information content (AvgIpc) is 2.61. The molecular weight excluding hydrogens is 495 g/mol. The van der Waals surface area contributed by atoms with Crippen molar-refractivity contribution in [3.8, 4) is 22.9 Å². The second-order valence-electron chi connectivity index (χ2n) is 5.05. The molecule has 1 N–H and O–H groups in total. The number of hydrogen-bond acceptors (Lipinski definition) is 4. The summed E-state index contributed by atoms with van der Waals surface area (Å²) >= 11 is 18.7. The topological polar surface area (TPSA) is 55.2 Å². The van der Waals surface area contributed by atoms with Crippen LogP contribution in [-0.4, -0.2) is 15.3 Å². The molecule has 0 aliphatic rings. The molecule has 0 radical (unpaired) electrons. The molecule has 0 amide bonds. The lowest BCUT2D eigenvalue weighted by atomic mass is 10.1. The summed E-state index contributed by atoms with van der Waals surface area (Å²) in [5.74, 6) is 0.506. The lowest BCUT2D eigenvalue weighted by Gasteiger charge is -2.08. The van der Waals surface area contributed by atoms with Crippen LogP contribution in [0.25, 0.3) is 11.3 Å². The van der Waals surface area contributed by atoms with E-state index in [1.807, 2.05) is 12.1 Å². The molecule has 0 aliphatic heterocycles. The fourth-order valence-corrected chi connectivity index (χ4v) is 3.64. The lowest BCUT2D eigenvalue weighted by molar-refractivity contribution is 0.290. The molecule has 1 aromatic heterocycles. The van der Waals surface area contributed by atoms with Crippen molar-refractivity contribution in [2.24, 2.45) is 0 Å². The summed E-state index contributed by atoms with van der Waals surface area (Å²) in [6, 6.07) is 12.4. The second kappa shape index (κ2) is 7.91. The second-order valence-corrected chi connectivity index (χ2v) is 7.54. The van der Waals surface area contributed by atoms with E-state index in [-0.39, 0.29) is 12.4 Å². The van der Waals surface area contributed by atoms with E-state index in [0.717, 1.165) is 11.1 Å². The van der Waals surface area contributed by atoms with Crippen molar-refractivity contribution in [2.75, 3.05) is 0 Å². The van der Waals surface area contributed by atoms with Crippen LogP contribution in [0.4, 0.5) is 0 Å². The summed E-state index contributed by atoms with van der Waals surface area (Å²) in [6.45, 7) is 0.240. The van der Waals surface area contributed by atoms with Gasteiger partial charge in [0.2, 0.25) is 5.88 Å². The van der Waals surface area contributed by atoms with Gasteiger partial charge < -0.3 is 9.84 Å². The number of aromatic nitrogens is 2. The van der Waals surface area contributed by atoms with Gasteiger partial charge in [0, 0.05) is 17.2 Å². The minimum atomic E-state index is 0.134. The van der Waals surface area contributed by atoms with E-state index in [0.29, 0.717) is 30.6 Å². The van der Waals surface area contributed by atoms with Crippen LogP contribution in [0, 0.1) is 0 Å². The van der Waals surface area contributed by atoms with E-state index in [1.54, 1.807) is 30.3 Å².